The van der Waals surface area contributed by atoms with Crippen LogP contribution in [0.5, 0.6) is 11.5 Å². The molecule has 4 rings (SSSR count). The van der Waals surface area contributed by atoms with Gasteiger partial charge < -0.3 is 14.4 Å². The molecule has 2 aliphatic rings. The van der Waals surface area contributed by atoms with Crippen molar-refractivity contribution in [3.8, 4) is 11.5 Å². The summed E-state index contributed by atoms with van der Waals surface area (Å²) in [6, 6.07) is 11.5. The first-order valence-corrected chi connectivity index (χ1v) is 11.9. The van der Waals surface area contributed by atoms with Crippen molar-refractivity contribution in [3.63, 3.8) is 0 Å². The van der Waals surface area contributed by atoms with Crippen molar-refractivity contribution in [2.45, 2.75) is 63.9 Å². The van der Waals surface area contributed by atoms with Gasteiger partial charge in [-0.05, 0) is 36.2 Å². The Morgan fingerprint density at radius 2 is 1.94 bits per heavy atom. The number of pyridine rings is 1. The molecule has 7 heteroatoms. The molecular formula is C26H32F2N2O3. The number of anilines is 1. The smallest absolute Gasteiger partial charge is 0.255 e. The van der Waals surface area contributed by atoms with E-state index in [2.05, 4.69) is 16.8 Å². The lowest BCUT2D eigenvalue weighted by atomic mass is 9.94. The second-order valence-electron chi connectivity index (χ2n) is 9.16. The molecule has 1 saturated carbocycles. The predicted molar refractivity (Wildman–Crippen MR) is 123 cm³/mol. The van der Waals surface area contributed by atoms with Crippen molar-refractivity contribution in [1.29, 1.82) is 0 Å². The zero-order valence-corrected chi connectivity index (χ0v) is 19.3. The molecule has 2 heterocycles. The average Bonchev–Trinajstić information content (AvgIpc) is 3.19. The average molecular weight is 459 g/mol. The molecule has 178 valence electrons. The van der Waals surface area contributed by atoms with Crippen molar-refractivity contribution in [1.82, 2.24) is 4.98 Å². The first-order valence-electron chi connectivity index (χ1n) is 11.9. The van der Waals surface area contributed by atoms with Gasteiger partial charge in [-0.15, -0.1) is 0 Å². The van der Waals surface area contributed by atoms with Crippen molar-refractivity contribution in [3.05, 3.63) is 48.2 Å². The van der Waals surface area contributed by atoms with Gasteiger partial charge in [0.25, 0.3) is 5.92 Å². The van der Waals surface area contributed by atoms with E-state index in [1.54, 1.807) is 12.3 Å². The van der Waals surface area contributed by atoms with Crippen LogP contribution in [0.1, 0.15) is 57.4 Å². The fraction of sp³-hybridized carbons (Fsp3) is 0.538. The Bertz CT molecular complexity index is 934. The third-order valence-electron chi connectivity index (χ3n) is 6.54. The van der Waals surface area contributed by atoms with E-state index in [-0.39, 0.29) is 30.8 Å². The third-order valence-corrected chi connectivity index (χ3v) is 6.54. The first kappa shape index (κ1) is 23.5. The summed E-state index contributed by atoms with van der Waals surface area (Å²) in [5, 5.41) is 0. The second kappa shape index (κ2) is 10.1. The molecule has 1 aliphatic carbocycles. The Morgan fingerprint density at radius 1 is 1.21 bits per heavy atom. The number of hydrogen-bond acceptors (Lipinski definition) is 5. The number of ketones is 1. The van der Waals surface area contributed by atoms with Crippen molar-refractivity contribution in [2.75, 3.05) is 24.6 Å². The molecule has 0 spiro atoms. The van der Waals surface area contributed by atoms with Gasteiger partial charge in [0.05, 0.1) is 25.3 Å². The van der Waals surface area contributed by atoms with E-state index >= 15 is 0 Å². The highest BCUT2D eigenvalue weighted by Gasteiger charge is 2.57. The minimum atomic E-state index is -2.57. The summed E-state index contributed by atoms with van der Waals surface area (Å²) in [5.41, 5.74) is 1.02. The number of alkyl halides is 2. The first-order chi connectivity index (χ1) is 15.9. The molecule has 0 amide bonds. The van der Waals surface area contributed by atoms with Crippen LogP contribution in [-0.4, -0.2) is 42.5 Å². The molecule has 0 radical (unpaired) electrons. The van der Waals surface area contributed by atoms with Crippen LogP contribution in [0.3, 0.4) is 0 Å². The van der Waals surface area contributed by atoms with Gasteiger partial charge in [-0.25, -0.2) is 13.8 Å². The Kier molecular flexibility index (Phi) is 7.15. The van der Waals surface area contributed by atoms with Crippen LogP contribution in [0.15, 0.2) is 42.6 Å². The maximum atomic E-state index is 13.0. The van der Waals surface area contributed by atoms with Crippen molar-refractivity contribution < 1.29 is 23.0 Å². The summed E-state index contributed by atoms with van der Waals surface area (Å²) in [6.45, 7) is 5.63. The van der Waals surface area contributed by atoms with E-state index in [0.29, 0.717) is 12.2 Å². The number of aromatic nitrogens is 1. The highest BCUT2D eigenvalue weighted by atomic mass is 19.3. The molecule has 1 aliphatic heterocycles. The predicted octanol–water partition coefficient (Wildman–Crippen LogP) is 5.64. The maximum Gasteiger partial charge on any atom is 0.255 e. The molecule has 2 aromatic rings. The fourth-order valence-electron chi connectivity index (χ4n) is 4.11. The molecule has 3 unspecified atom stereocenters. The monoisotopic (exact) mass is 458 g/mol. The van der Waals surface area contributed by atoms with Gasteiger partial charge >= 0.3 is 0 Å². The number of Topliss-reactive ketones (excluding diaryl/α,β-unsaturated/α-hetero) is 1. The third kappa shape index (κ3) is 6.01. The number of hydrogen-bond donors (Lipinski definition) is 0. The molecule has 5 nitrogen and oxygen atoms in total. The molecule has 1 saturated heterocycles. The number of benzene rings is 1. The number of halogens is 2. The van der Waals surface area contributed by atoms with E-state index in [1.165, 1.54) is 0 Å². The highest BCUT2D eigenvalue weighted by molar-refractivity contribution is 5.85. The zero-order valence-electron chi connectivity index (χ0n) is 19.3. The molecule has 1 aromatic carbocycles. The zero-order chi connectivity index (χ0) is 23.4. The summed E-state index contributed by atoms with van der Waals surface area (Å²) in [6.07, 6.45) is 5.02. The Hall–Kier alpha value is -2.70. The van der Waals surface area contributed by atoms with Gasteiger partial charge in [0.1, 0.15) is 29.2 Å². The minimum Gasteiger partial charge on any atom is -0.491 e. The van der Waals surface area contributed by atoms with Crippen molar-refractivity contribution in [2.24, 2.45) is 5.92 Å². The van der Waals surface area contributed by atoms with Crippen LogP contribution in [-0.2, 0) is 4.79 Å². The van der Waals surface area contributed by atoms with Gasteiger partial charge in [-0.3, -0.25) is 4.79 Å². The van der Waals surface area contributed by atoms with Gasteiger partial charge in [-0.2, -0.15) is 0 Å². The van der Waals surface area contributed by atoms with Crippen LogP contribution >= 0.6 is 0 Å². The number of unbranched alkanes of at least 4 members (excludes halogenated alkanes) is 1. The van der Waals surface area contributed by atoms with Crippen LogP contribution in [0.2, 0.25) is 0 Å². The number of ether oxygens (including phenoxy) is 2. The largest absolute Gasteiger partial charge is 0.491 e. The molecule has 3 atom stereocenters. The fourth-order valence-corrected chi connectivity index (χ4v) is 4.11. The van der Waals surface area contributed by atoms with E-state index < -0.39 is 11.8 Å². The van der Waals surface area contributed by atoms with Crippen LogP contribution in [0, 0.1) is 5.92 Å². The normalized spacial score (nSPS) is 22.1. The summed E-state index contributed by atoms with van der Waals surface area (Å²) in [7, 11) is 0. The summed E-state index contributed by atoms with van der Waals surface area (Å²) < 4.78 is 37.5. The maximum absolute atomic E-state index is 13.0. The standard InChI is InChI=1S/C26H32F2N2O3/c1-3-4-5-24(31)18(2)19-6-8-21(9-7-19)33-23-12-13-30(16-23)25-11-10-22(15-29-25)32-17-20-14-26(20,27)28/h6-11,15,18,20,23H,3-5,12-14,16-17H2,1-2H3. The van der Waals surface area contributed by atoms with Gasteiger partial charge in [0.2, 0.25) is 0 Å². The number of carbonyl (C=O) groups is 1. The molecular weight excluding hydrogens is 426 g/mol. The van der Waals surface area contributed by atoms with Crippen molar-refractivity contribution >= 4 is 11.6 Å². The molecule has 1 aromatic heterocycles. The summed E-state index contributed by atoms with van der Waals surface area (Å²) in [5.74, 6) is -0.920. The topological polar surface area (TPSA) is 51.7 Å². The van der Waals surface area contributed by atoms with E-state index in [9.17, 15) is 13.6 Å². The Morgan fingerprint density at radius 3 is 2.58 bits per heavy atom. The van der Waals surface area contributed by atoms with E-state index in [0.717, 1.165) is 49.5 Å². The quantitative estimate of drug-likeness (QED) is 0.436. The number of carbonyl (C=O) groups excluding carboxylic acids is 1. The molecule has 2 fully saturated rings. The number of nitrogens with zero attached hydrogens (tertiary/aromatic N) is 2. The lowest BCUT2D eigenvalue weighted by molar-refractivity contribution is -0.120. The molecule has 0 bridgehead atoms. The molecule has 0 N–H and O–H groups in total. The second-order valence-corrected chi connectivity index (χ2v) is 9.16. The van der Waals surface area contributed by atoms with Gasteiger partial charge in [-0.1, -0.05) is 32.4 Å². The lowest BCUT2D eigenvalue weighted by Gasteiger charge is -2.19. The summed E-state index contributed by atoms with van der Waals surface area (Å²) >= 11 is 0. The van der Waals surface area contributed by atoms with Crippen LogP contribution in [0.4, 0.5) is 14.6 Å². The van der Waals surface area contributed by atoms with Crippen LogP contribution < -0.4 is 14.4 Å². The Labute approximate surface area is 194 Å². The van der Waals surface area contributed by atoms with Gasteiger partial charge in [0.15, 0.2) is 0 Å². The van der Waals surface area contributed by atoms with Crippen LogP contribution in [0.25, 0.3) is 0 Å². The molecule has 33 heavy (non-hydrogen) atoms. The van der Waals surface area contributed by atoms with E-state index in [4.69, 9.17) is 9.47 Å². The lowest BCUT2D eigenvalue weighted by Crippen LogP contribution is -2.25. The highest BCUT2D eigenvalue weighted by Crippen LogP contribution is 2.48. The Balaban J connectivity index is 1.25. The minimum absolute atomic E-state index is 0.0259. The van der Waals surface area contributed by atoms with E-state index in [1.807, 2.05) is 37.3 Å². The van der Waals surface area contributed by atoms with Gasteiger partial charge in [0, 0.05) is 31.7 Å². The SMILES string of the molecule is CCCCC(=O)C(C)c1ccc(OC2CCN(c3ccc(OCC4CC4(F)F)cn3)C2)cc1. The summed E-state index contributed by atoms with van der Waals surface area (Å²) in [4.78, 5) is 18.8. The number of rotatable bonds is 11.